The summed E-state index contributed by atoms with van der Waals surface area (Å²) in [4.78, 5) is 33.9. The van der Waals surface area contributed by atoms with Crippen molar-refractivity contribution in [2.75, 3.05) is 13.6 Å². The Morgan fingerprint density at radius 1 is 1.10 bits per heavy atom. The van der Waals surface area contributed by atoms with Gasteiger partial charge in [0.2, 0.25) is 5.91 Å². The van der Waals surface area contributed by atoms with Crippen molar-refractivity contribution in [3.63, 3.8) is 0 Å². The minimum absolute atomic E-state index is 0.0275. The van der Waals surface area contributed by atoms with Gasteiger partial charge in [0.15, 0.2) is 5.16 Å². The van der Waals surface area contributed by atoms with Gasteiger partial charge in [-0.2, -0.15) is 0 Å². The van der Waals surface area contributed by atoms with Crippen LogP contribution in [-0.4, -0.2) is 45.8 Å². The summed E-state index contributed by atoms with van der Waals surface area (Å²) in [7, 11) is 1.63. The number of hydrogen-bond acceptors (Lipinski definition) is 4. The van der Waals surface area contributed by atoms with Crippen molar-refractivity contribution >= 4 is 34.6 Å². The van der Waals surface area contributed by atoms with Crippen LogP contribution in [0.3, 0.4) is 0 Å². The minimum atomic E-state index is -0.319. The molecular weight excluding hydrogens is 384 g/mol. The zero-order valence-corrected chi connectivity index (χ0v) is 18.0. The van der Waals surface area contributed by atoms with E-state index in [-0.39, 0.29) is 23.9 Å². The van der Waals surface area contributed by atoms with Gasteiger partial charge in [0.1, 0.15) is 0 Å². The van der Waals surface area contributed by atoms with E-state index in [1.54, 1.807) is 30.9 Å². The first-order chi connectivity index (χ1) is 13.7. The lowest BCUT2D eigenvalue weighted by Crippen LogP contribution is -2.46. The third kappa shape index (κ3) is 5.84. The molecule has 2 amide bonds. The highest BCUT2D eigenvalue weighted by atomic mass is 32.2. The Kier molecular flexibility index (Phi) is 6.27. The van der Waals surface area contributed by atoms with Gasteiger partial charge in [0, 0.05) is 23.9 Å². The second-order valence-electron chi connectivity index (χ2n) is 8.00. The molecular formula is C22H26N4O2S. The number of rotatable bonds is 6. The predicted molar refractivity (Wildman–Crippen MR) is 117 cm³/mol. The van der Waals surface area contributed by atoms with E-state index >= 15 is 0 Å². The second-order valence-corrected chi connectivity index (χ2v) is 8.97. The summed E-state index contributed by atoms with van der Waals surface area (Å²) < 4.78 is 0. The quantitative estimate of drug-likeness (QED) is 0.605. The molecule has 1 heterocycles. The number of imidazole rings is 1. The highest BCUT2D eigenvalue weighted by Crippen LogP contribution is 2.23. The van der Waals surface area contributed by atoms with Crippen molar-refractivity contribution < 1.29 is 9.59 Å². The molecule has 0 spiro atoms. The molecule has 0 saturated heterocycles. The monoisotopic (exact) mass is 410 g/mol. The Hall–Kier alpha value is -2.80. The number of para-hydroxylation sites is 2. The fraction of sp³-hybridized carbons (Fsp3) is 0.318. The van der Waals surface area contributed by atoms with Crippen molar-refractivity contribution in [2.24, 2.45) is 0 Å². The van der Waals surface area contributed by atoms with Gasteiger partial charge in [-0.25, -0.2) is 4.98 Å². The number of thioether (sulfide) groups is 1. The highest BCUT2D eigenvalue weighted by Gasteiger charge is 2.18. The molecule has 3 rings (SSSR count). The van der Waals surface area contributed by atoms with Gasteiger partial charge in [-0.15, -0.1) is 0 Å². The summed E-state index contributed by atoms with van der Waals surface area (Å²) in [5.41, 5.74) is 3.32. The number of benzene rings is 2. The van der Waals surface area contributed by atoms with Crippen molar-refractivity contribution in [1.82, 2.24) is 20.2 Å². The van der Waals surface area contributed by atoms with Crippen LogP contribution in [0.25, 0.3) is 11.0 Å². The van der Waals surface area contributed by atoms with Crippen LogP contribution < -0.4 is 5.32 Å². The number of hydrogen-bond donors (Lipinski definition) is 2. The number of fused-ring (bicyclic) bond motifs is 1. The third-order valence-corrected chi connectivity index (χ3v) is 5.13. The van der Waals surface area contributed by atoms with Crippen LogP contribution in [0, 0.1) is 0 Å². The molecule has 0 unspecified atom stereocenters. The summed E-state index contributed by atoms with van der Waals surface area (Å²) in [6, 6.07) is 15.4. The molecule has 3 aromatic rings. The third-order valence-electron chi connectivity index (χ3n) is 4.19. The van der Waals surface area contributed by atoms with E-state index < -0.39 is 0 Å². The van der Waals surface area contributed by atoms with Gasteiger partial charge in [0.25, 0.3) is 5.91 Å². The van der Waals surface area contributed by atoms with Crippen LogP contribution in [-0.2, 0) is 10.5 Å². The van der Waals surface area contributed by atoms with Crippen molar-refractivity contribution in [3.8, 4) is 0 Å². The van der Waals surface area contributed by atoms with Gasteiger partial charge in [-0.05, 0) is 50.6 Å². The van der Waals surface area contributed by atoms with Crippen LogP contribution in [0.15, 0.2) is 53.7 Å². The van der Waals surface area contributed by atoms with Crippen molar-refractivity contribution in [1.29, 1.82) is 0 Å². The molecule has 6 nitrogen and oxygen atoms in total. The van der Waals surface area contributed by atoms with Gasteiger partial charge < -0.3 is 15.2 Å². The number of amides is 2. The van der Waals surface area contributed by atoms with Gasteiger partial charge in [0.05, 0.1) is 17.6 Å². The zero-order valence-electron chi connectivity index (χ0n) is 17.2. The summed E-state index contributed by atoms with van der Waals surface area (Å²) in [6.07, 6.45) is 0. The van der Waals surface area contributed by atoms with Gasteiger partial charge in [-0.3, -0.25) is 9.59 Å². The largest absolute Gasteiger partial charge is 0.350 e. The molecule has 2 aromatic carbocycles. The molecule has 0 radical (unpaired) electrons. The maximum Gasteiger partial charge on any atom is 0.254 e. The number of H-pyrrole nitrogens is 1. The van der Waals surface area contributed by atoms with Crippen LogP contribution >= 0.6 is 11.8 Å². The number of carbonyl (C=O) groups excluding carboxylic acids is 2. The summed E-state index contributed by atoms with van der Waals surface area (Å²) in [6.45, 7) is 5.76. The first-order valence-corrected chi connectivity index (χ1v) is 10.4. The molecule has 0 atom stereocenters. The molecule has 0 fully saturated rings. The van der Waals surface area contributed by atoms with E-state index in [9.17, 15) is 9.59 Å². The first kappa shape index (κ1) is 20.9. The van der Waals surface area contributed by atoms with Gasteiger partial charge in [-0.1, -0.05) is 36.0 Å². The lowest BCUT2D eigenvalue weighted by atomic mass is 10.1. The molecule has 29 heavy (non-hydrogen) atoms. The average molecular weight is 411 g/mol. The van der Waals surface area contributed by atoms with Crippen molar-refractivity contribution in [2.45, 2.75) is 37.2 Å². The van der Waals surface area contributed by atoms with E-state index in [1.807, 2.05) is 57.2 Å². The topological polar surface area (TPSA) is 78.1 Å². The number of aromatic amines is 1. The highest BCUT2D eigenvalue weighted by molar-refractivity contribution is 7.98. The first-order valence-electron chi connectivity index (χ1n) is 9.44. The Labute approximate surface area is 175 Å². The summed E-state index contributed by atoms with van der Waals surface area (Å²) >= 11 is 1.62. The Bertz CT molecular complexity index is 973. The molecule has 0 bridgehead atoms. The lowest BCUT2D eigenvalue weighted by molar-refractivity contribution is -0.122. The molecule has 1 aromatic heterocycles. The number of nitrogens with one attached hydrogen (secondary N) is 2. The molecule has 0 aliphatic carbocycles. The van der Waals surface area contributed by atoms with E-state index in [2.05, 4.69) is 15.3 Å². The standard InChI is InChI=1S/C22H26N4O2S/c1-22(2,3)25-19(27)13-26(4)20(28)16-11-9-15(10-12-16)14-29-21-23-17-7-5-6-8-18(17)24-21/h5-12H,13-14H2,1-4H3,(H,23,24)(H,25,27). The molecule has 152 valence electrons. The fourth-order valence-electron chi connectivity index (χ4n) is 2.86. The van der Waals surface area contributed by atoms with Crippen LogP contribution in [0.5, 0.6) is 0 Å². The Balaban J connectivity index is 1.56. The fourth-order valence-corrected chi connectivity index (χ4v) is 3.70. The average Bonchev–Trinajstić information content (AvgIpc) is 3.07. The Morgan fingerprint density at radius 3 is 2.45 bits per heavy atom. The lowest BCUT2D eigenvalue weighted by Gasteiger charge is -2.23. The Morgan fingerprint density at radius 2 is 1.79 bits per heavy atom. The van der Waals surface area contributed by atoms with E-state index in [4.69, 9.17) is 0 Å². The van der Waals surface area contributed by atoms with E-state index in [0.29, 0.717) is 5.56 Å². The van der Waals surface area contributed by atoms with Crippen LogP contribution in [0.1, 0.15) is 36.7 Å². The maximum atomic E-state index is 12.6. The molecule has 0 aliphatic rings. The molecule has 2 N–H and O–H groups in total. The van der Waals surface area contributed by atoms with Gasteiger partial charge >= 0.3 is 0 Å². The maximum absolute atomic E-state index is 12.6. The van der Waals surface area contributed by atoms with E-state index in [1.165, 1.54) is 4.90 Å². The minimum Gasteiger partial charge on any atom is -0.350 e. The number of nitrogens with zero attached hydrogens (tertiary/aromatic N) is 2. The van der Waals surface area contributed by atoms with E-state index in [0.717, 1.165) is 27.5 Å². The zero-order chi connectivity index (χ0) is 21.0. The summed E-state index contributed by atoms with van der Waals surface area (Å²) in [5.74, 6) is 0.399. The number of aromatic nitrogens is 2. The van der Waals surface area contributed by atoms with Crippen LogP contribution in [0.4, 0.5) is 0 Å². The summed E-state index contributed by atoms with van der Waals surface area (Å²) in [5, 5.41) is 3.73. The SMILES string of the molecule is CN(CC(=O)NC(C)(C)C)C(=O)c1ccc(CSc2nc3ccccc3[nH]2)cc1. The second kappa shape index (κ2) is 8.69. The number of carbonyl (C=O) groups is 2. The number of likely N-dealkylation sites (N-methyl/N-ethyl adjacent to an activating group) is 1. The molecule has 0 saturated carbocycles. The smallest absolute Gasteiger partial charge is 0.254 e. The van der Waals surface area contributed by atoms with Crippen LogP contribution in [0.2, 0.25) is 0 Å². The molecule has 0 aliphatic heterocycles. The molecule has 7 heteroatoms. The normalized spacial score (nSPS) is 11.4. The van der Waals surface area contributed by atoms with Crippen molar-refractivity contribution in [3.05, 3.63) is 59.7 Å². The predicted octanol–water partition coefficient (Wildman–Crippen LogP) is 3.84.